The molecule has 1 fully saturated rings. The molecule has 150 valence electrons. The average Bonchev–Trinajstić information content (AvgIpc) is 3.10. The lowest BCUT2D eigenvalue weighted by molar-refractivity contribution is -0.136. The molecule has 0 radical (unpaired) electrons. The van der Waals surface area contributed by atoms with Gasteiger partial charge in [0, 0.05) is 26.7 Å². The highest BCUT2D eigenvalue weighted by atomic mass is 35.5. The minimum Gasteiger partial charge on any atom is -0.392 e. The van der Waals surface area contributed by atoms with Crippen LogP contribution in [0.2, 0.25) is 10.0 Å². The predicted octanol–water partition coefficient (Wildman–Crippen LogP) is 3.31. The van der Waals surface area contributed by atoms with E-state index in [-0.39, 0.29) is 24.5 Å². The average molecular weight is 422 g/mol. The maximum absolute atomic E-state index is 13.1. The zero-order chi connectivity index (χ0) is 20.1. The molecule has 0 unspecified atom stereocenters. The smallest absolute Gasteiger partial charge is 0.241 e. The Balaban J connectivity index is 1.80. The summed E-state index contributed by atoms with van der Waals surface area (Å²) in [5, 5.41) is 12.4. The minimum atomic E-state index is -0.300. The van der Waals surface area contributed by atoms with E-state index in [0.29, 0.717) is 23.1 Å². The van der Waals surface area contributed by atoms with Crippen molar-refractivity contribution in [1.82, 2.24) is 15.3 Å². The molecule has 0 spiro atoms. The van der Waals surface area contributed by atoms with Crippen molar-refractivity contribution in [2.45, 2.75) is 25.0 Å². The number of benzene rings is 2. The number of hydrazine groups is 1. The molecule has 28 heavy (non-hydrogen) atoms. The number of aliphatic hydroxyl groups excluding tert-OH is 1. The predicted molar refractivity (Wildman–Crippen MR) is 112 cm³/mol. The quantitative estimate of drug-likeness (QED) is 0.673. The molecular formula is C21H25Cl2N3O2. The van der Waals surface area contributed by atoms with E-state index in [4.69, 9.17) is 23.2 Å². The van der Waals surface area contributed by atoms with Crippen molar-refractivity contribution >= 4 is 29.1 Å². The largest absolute Gasteiger partial charge is 0.392 e. The van der Waals surface area contributed by atoms with Gasteiger partial charge in [-0.05, 0) is 29.7 Å². The summed E-state index contributed by atoms with van der Waals surface area (Å²) in [6.07, 6.45) is 0.675. The van der Waals surface area contributed by atoms with E-state index in [1.54, 1.807) is 24.2 Å². The Morgan fingerprint density at radius 1 is 1.25 bits per heavy atom. The maximum atomic E-state index is 13.1. The second-order valence-electron chi connectivity index (χ2n) is 7.04. The fourth-order valence-electron chi connectivity index (χ4n) is 3.60. The zero-order valence-corrected chi connectivity index (χ0v) is 17.3. The molecular weight excluding hydrogens is 397 g/mol. The highest BCUT2D eigenvalue weighted by molar-refractivity contribution is 6.42. The summed E-state index contributed by atoms with van der Waals surface area (Å²) < 4.78 is 0. The summed E-state index contributed by atoms with van der Waals surface area (Å²) in [5.74, 6) is -0.0607. The number of carbonyl (C=O) groups excluding carboxylic acids is 1. The Kier molecular flexibility index (Phi) is 7.32. The molecule has 1 saturated heterocycles. The summed E-state index contributed by atoms with van der Waals surface area (Å²) in [5.41, 5.74) is 4.92. The molecule has 2 N–H and O–H groups in total. The third-order valence-electron chi connectivity index (χ3n) is 5.02. The van der Waals surface area contributed by atoms with E-state index < -0.39 is 0 Å². The highest BCUT2D eigenvalue weighted by Gasteiger charge is 2.29. The van der Waals surface area contributed by atoms with Crippen LogP contribution in [-0.4, -0.2) is 53.7 Å². The number of likely N-dealkylation sites (tertiary alicyclic amines) is 1. The van der Waals surface area contributed by atoms with Gasteiger partial charge >= 0.3 is 0 Å². The summed E-state index contributed by atoms with van der Waals surface area (Å²) in [7, 11) is 1.75. The van der Waals surface area contributed by atoms with E-state index in [0.717, 1.165) is 24.1 Å². The lowest BCUT2D eigenvalue weighted by Gasteiger charge is -2.34. The number of β-amino-alcohol motifs (C(OH)–C–C–N with tert-alkyl or cyclic N) is 1. The van der Waals surface area contributed by atoms with E-state index in [1.165, 1.54) is 0 Å². The van der Waals surface area contributed by atoms with Crippen LogP contribution in [0.1, 0.15) is 23.6 Å². The van der Waals surface area contributed by atoms with Crippen LogP contribution < -0.4 is 5.43 Å². The fourth-order valence-corrected chi connectivity index (χ4v) is 3.92. The Morgan fingerprint density at radius 2 is 2.00 bits per heavy atom. The van der Waals surface area contributed by atoms with Gasteiger partial charge in [0.2, 0.25) is 5.91 Å². The van der Waals surface area contributed by atoms with Gasteiger partial charge in [-0.25, -0.2) is 5.43 Å². The molecule has 1 aliphatic heterocycles. The lowest BCUT2D eigenvalue weighted by atomic mass is 10.0. The van der Waals surface area contributed by atoms with Gasteiger partial charge in [-0.1, -0.05) is 59.6 Å². The standard InChI is InChI=1S/C21H25Cl2N3O2/c1-24-26(21(28)12-15-7-8-18(22)19(23)11-15)20(16-5-3-2-4-6-16)14-25-10-9-17(27)13-25/h2-8,11,17,20,24,27H,9-10,12-14H2,1H3/t17-,20+/m0/s1. The van der Waals surface area contributed by atoms with Crippen molar-refractivity contribution in [3.05, 3.63) is 69.7 Å². The topological polar surface area (TPSA) is 55.8 Å². The fraction of sp³-hybridized carbons (Fsp3) is 0.381. The van der Waals surface area contributed by atoms with Gasteiger partial charge < -0.3 is 5.11 Å². The SMILES string of the molecule is CNN(C(=O)Cc1ccc(Cl)c(Cl)c1)[C@H](CN1CC[C@H](O)C1)c1ccccc1. The molecule has 5 nitrogen and oxygen atoms in total. The van der Waals surface area contributed by atoms with Gasteiger partial charge in [0.1, 0.15) is 0 Å². The van der Waals surface area contributed by atoms with Crippen molar-refractivity contribution in [1.29, 1.82) is 0 Å². The lowest BCUT2D eigenvalue weighted by Crippen LogP contribution is -2.48. The molecule has 0 saturated carbocycles. The normalized spacial score (nSPS) is 18.2. The van der Waals surface area contributed by atoms with Crippen molar-refractivity contribution in [2.75, 3.05) is 26.7 Å². The number of hydrogen-bond donors (Lipinski definition) is 2. The Hall–Kier alpha value is -1.63. The number of amides is 1. The molecule has 2 atom stereocenters. The van der Waals surface area contributed by atoms with Crippen molar-refractivity contribution in [2.24, 2.45) is 0 Å². The van der Waals surface area contributed by atoms with Crippen LogP contribution in [0.15, 0.2) is 48.5 Å². The van der Waals surface area contributed by atoms with Crippen LogP contribution in [0.5, 0.6) is 0 Å². The number of nitrogens with one attached hydrogen (secondary N) is 1. The highest BCUT2D eigenvalue weighted by Crippen LogP contribution is 2.26. The van der Waals surface area contributed by atoms with Gasteiger partial charge in [-0.2, -0.15) is 0 Å². The zero-order valence-electron chi connectivity index (χ0n) is 15.8. The van der Waals surface area contributed by atoms with Crippen LogP contribution in [-0.2, 0) is 11.2 Å². The molecule has 0 aliphatic carbocycles. The first-order chi connectivity index (χ1) is 13.5. The Labute approximate surface area is 175 Å². The molecule has 7 heteroatoms. The van der Waals surface area contributed by atoms with Crippen molar-refractivity contribution in [3.8, 4) is 0 Å². The molecule has 2 aromatic carbocycles. The van der Waals surface area contributed by atoms with E-state index in [1.807, 2.05) is 36.4 Å². The molecule has 1 heterocycles. The number of halogens is 2. The van der Waals surface area contributed by atoms with Gasteiger partial charge in [0.15, 0.2) is 0 Å². The van der Waals surface area contributed by atoms with Crippen molar-refractivity contribution < 1.29 is 9.90 Å². The molecule has 0 bridgehead atoms. The number of hydrogen-bond acceptors (Lipinski definition) is 4. The number of rotatable bonds is 7. The van der Waals surface area contributed by atoms with Crippen LogP contribution in [0.4, 0.5) is 0 Å². The molecule has 1 aliphatic rings. The molecule has 3 rings (SSSR count). The third kappa shape index (κ3) is 5.25. The second kappa shape index (κ2) is 9.72. The van der Waals surface area contributed by atoms with E-state index in [2.05, 4.69) is 10.3 Å². The first-order valence-corrected chi connectivity index (χ1v) is 10.1. The van der Waals surface area contributed by atoms with Gasteiger partial charge in [0.25, 0.3) is 0 Å². The summed E-state index contributed by atoms with van der Waals surface area (Å²) in [6.45, 7) is 2.10. The number of aliphatic hydroxyl groups is 1. The Morgan fingerprint density at radius 3 is 2.61 bits per heavy atom. The third-order valence-corrected chi connectivity index (χ3v) is 5.76. The van der Waals surface area contributed by atoms with Crippen LogP contribution >= 0.6 is 23.2 Å². The second-order valence-corrected chi connectivity index (χ2v) is 7.86. The van der Waals surface area contributed by atoms with Crippen LogP contribution in [0.25, 0.3) is 0 Å². The summed E-state index contributed by atoms with van der Waals surface area (Å²) >= 11 is 12.1. The number of nitrogens with zero attached hydrogens (tertiary/aromatic N) is 2. The first-order valence-electron chi connectivity index (χ1n) is 9.36. The Bertz CT molecular complexity index is 803. The van der Waals surface area contributed by atoms with Gasteiger partial charge in [-0.15, -0.1) is 0 Å². The van der Waals surface area contributed by atoms with Crippen LogP contribution in [0, 0.1) is 0 Å². The van der Waals surface area contributed by atoms with E-state index >= 15 is 0 Å². The first kappa shape index (κ1) is 21.1. The van der Waals surface area contributed by atoms with Crippen molar-refractivity contribution in [3.63, 3.8) is 0 Å². The summed E-state index contributed by atoms with van der Waals surface area (Å²) in [6, 6.07) is 15.0. The molecule has 1 amide bonds. The maximum Gasteiger partial charge on any atom is 0.241 e. The minimum absolute atomic E-state index is 0.0607. The molecule has 0 aromatic heterocycles. The van der Waals surface area contributed by atoms with Crippen LogP contribution in [0.3, 0.4) is 0 Å². The van der Waals surface area contributed by atoms with E-state index in [9.17, 15) is 9.90 Å². The summed E-state index contributed by atoms with van der Waals surface area (Å²) in [4.78, 5) is 15.3. The van der Waals surface area contributed by atoms with Gasteiger partial charge in [0.05, 0.1) is 28.6 Å². The monoisotopic (exact) mass is 421 g/mol. The number of carbonyl (C=O) groups is 1. The van der Waals surface area contributed by atoms with Gasteiger partial charge in [-0.3, -0.25) is 14.7 Å². The molecule has 2 aromatic rings.